The maximum Gasteiger partial charge on any atom is 0.191 e. The molecule has 4 N–H and O–H groups in total. The summed E-state index contributed by atoms with van der Waals surface area (Å²) in [6.45, 7) is 17.1. The van der Waals surface area contributed by atoms with Gasteiger partial charge in [0.2, 0.25) is 0 Å². The van der Waals surface area contributed by atoms with Crippen molar-refractivity contribution >= 4 is 31.3 Å². The Morgan fingerprint density at radius 1 is 1.11 bits per heavy atom. The summed E-state index contributed by atoms with van der Waals surface area (Å²) in [5.74, 6) is 2.32. The average Bonchev–Trinajstić information content (AvgIpc) is 3.27. The summed E-state index contributed by atoms with van der Waals surface area (Å²) in [5, 5.41) is 19.4. The zero-order valence-corrected chi connectivity index (χ0v) is 23.5. The zero-order chi connectivity index (χ0) is 26.3. The number of hydrogen-bond donors (Lipinski definition) is 4. The van der Waals surface area contributed by atoms with E-state index in [9.17, 15) is 0 Å². The topological polar surface area (TPSA) is 111 Å². The molecule has 36 heavy (non-hydrogen) atoms. The van der Waals surface area contributed by atoms with E-state index in [2.05, 4.69) is 84.7 Å². The predicted molar refractivity (Wildman–Crippen MR) is 151 cm³/mol. The van der Waals surface area contributed by atoms with Crippen LogP contribution in [0.15, 0.2) is 42.7 Å². The van der Waals surface area contributed by atoms with E-state index < -0.39 is 8.32 Å². The second kappa shape index (κ2) is 11.6. The number of aromatic nitrogens is 3. The molecule has 0 aliphatic carbocycles. The lowest BCUT2D eigenvalue weighted by atomic mass is 10.2. The van der Waals surface area contributed by atoms with Crippen molar-refractivity contribution in [3.8, 4) is 17.5 Å². The molecule has 0 amide bonds. The van der Waals surface area contributed by atoms with Gasteiger partial charge in [0.1, 0.15) is 17.5 Å². The van der Waals surface area contributed by atoms with Crippen molar-refractivity contribution in [2.75, 3.05) is 29.1 Å². The Balaban J connectivity index is 1.64. The van der Waals surface area contributed by atoms with Gasteiger partial charge in [-0.3, -0.25) is 0 Å². The number of rotatable bonds is 11. The van der Waals surface area contributed by atoms with Gasteiger partial charge in [-0.2, -0.15) is 5.26 Å². The Morgan fingerprint density at radius 3 is 2.47 bits per heavy atom. The first kappa shape index (κ1) is 27.2. The predicted octanol–water partition coefficient (Wildman–Crippen LogP) is 6.73. The number of imidazole rings is 1. The molecule has 0 fully saturated rings. The highest BCUT2D eigenvalue weighted by Gasteiger charge is 2.36. The smallest absolute Gasteiger partial charge is 0.191 e. The molecule has 0 radical (unpaired) electrons. The van der Waals surface area contributed by atoms with Crippen molar-refractivity contribution in [2.24, 2.45) is 0 Å². The molecule has 2 heterocycles. The third-order valence-electron chi connectivity index (χ3n) is 6.37. The average molecular weight is 506 g/mol. The van der Waals surface area contributed by atoms with Crippen LogP contribution in [0.3, 0.4) is 0 Å². The van der Waals surface area contributed by atoms with Crippen LogP contribution >= 0.6 is 0 Å². The molecule has 2 aromatic heterocycles. The highest BCUT2D eigenvalue weighted by molar-refractivity contribution is 6.74. The van der Waals surface area contributed by atoms with Crippen LogP contribution in [0.2, 0.25) is 18.1 Å². The Labute approximate surface area is 216 Å². The second-order valence-electron chi connectivity index (χ2n) is 10.8. The summed E-state index contributed by atoms with van der Waals surface area (Å²) in [4.78, 5) is 12.5. The van der Waals surface area contributed by atoms with E-state index >= 15 is 0 Å². The van der Waals surface area contributed by atoms with Gasteiger partial charge in [0.15, 0.2) is 8.32 Å². The van der Waals surface area contributed by atoms with Crippen molar-refractivity contribution < 1.29 is 4.43 Å². The van der Waals surface area contributed by atoms with E-state index in [0.717, 1.165) is 48.2 Å². The standard InChI is InChI=1S/C27H39N7OSi/c1-19(2)32-23-15-24(33-21-11-9-20(16-28)10-12-21)30-17-22(23)26-31-18-25(34-26)29-13-8-14-35-36(6,7)27(3,4)5/h9-12,15,17-19,29H,8,13-14H2,1-7H3,(H,31,34)(H2,30,32,33). The number of nitrogens with one attached hydrogen (secondary N) is 4. The Hall–Kier alpha value is -3.35. The fourth-order valence-electron chi connectivity index (χ4n) is 3.31. The van der Waals surface area contributed by atoms with E-state index in [-0.39, 0.29) is 11.1 Å². The van der Waals surface area contributed by atoms with Gasteiger partial charge in [0, 0.05) is 37.1 Å². The lowest BCUT2D eigenvalue weighted by Crippen LogP contribution is -2.41. The highest BCUT2D eigenvalue weighted by Crippen LogP contribution is 2.36. The first-order valence-electron chi connectivity index (χ1n) is 12.5. The number of nitrogens with zero attached hydrogens (tertiary/aromatic N) is 3. The van der Waals surface area contributed by atoms with Crippen molar-refractivity contribution in [1.29, 1.82) is 5.26 Å². The molecular weight excluding hydrogens is 466 g/mol. The highest BCUT2D eigenvalue weighted by atomic mass is 28.4. The van der Waals surface area contributed by atoms with Crippen LogP contribution < -0.4 is 16.0 Å². The van der Waals surface area contributed by atoms with E-state index in [0.29, 0.717) is 11.4 Å². The monoisotopic (exact) mass is 505 g/mol. The molecule has 0 aliphatic rings. The maximum atomic E-state index is 9.00. The molecule has 3 rings (SSSR count). The summed E-state index contributed by atoms with van der Waals surface area (Å²) in [6, 6.07) is 11.6. The van der Waals surface area contributed by atoms with Gasteiger partial charge in [-0.25, -0.2) is 9.97 Å². The van der Waals surface area contributed by atoms with Crippen molar-refractivity contribution in [1.82, 2.24) is 15.0 Å². The van der Waals surface area contributed by atoms with Crippen LogP contribution in [-0.4, -0.2) is 42.5 Å². The molecule has 0 bridgehead atoms. The molecule has 0 unspecified atom stereocenters. The first-order valence-corrected chi connectivity index (χ1v) is 15.4. The molecule has 192 valence electrons. The molecule has 3 aromatic rings. The van der Waals surface area contributed by atoms with E-state index in [4.69, 9.17) is 9.69 Å². The van der Waals surface area contributed by atoms with Gasteiger partial charge >= 0.3 is 0 Å². The molecule has 0 aliphatic heterocycles. The van der Waals surface area contributed by atoms with Gasteiger partial charge in [0.05, 0.1) is 29.1 Å². The SMILES string of the molecule is CC(C)Nc1cc(Nc2ccc(C#N)cc2)ncc1-c1ncc(NCCCO[Si](C)(C)C(C)(C)C)[nH]1. The molecule has 0 spiro atoms. The largest absolute Gasteiger partial charge is 0.417 e. The van der Waals surface area contributed by atoms with Crippen molar-refractivity contribution in [3.63, 3.8) is 0 Å². The number of H-pyrrole nitrogens is 1. The summed E-state index contributed by atoms with van der Waals surface area (Å²) in [6.07, 6.45) is 4.55. The summed E-state index contributed by atoms with van der Waals surface area (Å²) < 4.78 is 6.26. The van der Waals surface area contributed by atoms with Gasteiger partial charge in [-0.15, -0.1) is 0 Å². The van der Waals surface area contributed by atoms with Crippen molar-refractivity contribution in [2.45, 2.75) is 65.2 Å². The fourth-order valence-corrected chi connectivity index (χ4v) is 4.39. The molecule has 0 saturated heterocycles. The summed E-state index contributed by atoms with van der Waals surface area (Å²) in [5.41, 5.74) is 3.31. The maximum absolute atomic E-state index is 9.00. The number of hydrogen-bond acceptors (Lipinski definition) is 7. The first-order chi connectivity index (χ1) is 17.0. The lowest BCUT2D eigenvalue weighted by molar-refractivity contribution is 0.286. The summed E-state index contributed by atoms with van der Waals surface area (Å²) >= 11 is 0. The molecular formula is C27H39N7OSi. The van der Waals surface area contributed by atoms with Crippen LogP contribution in [0.4, 0.5) is 23.0 Å². The van der Waals surface area contributed by atoms with Crippen LogP contribution in [0, 0.1) is 11.3 Å². The minimum absolute atomic E-state index is 0.224. The molecule has 0 saturated carbocycles. The fraction of sp³-hybridized carbons (Fsp3) is 0.444. The quantitative estimate of drug-likeness (QED) is 0.169. The Morgan fingerprint density at radius 2 is 1.83 bits per heavy atom. The number of benzene rings is 1. The van der Waals surface area contributed by atoms with Crippen molar-refractivity contribution in [3.05, 3.63) is 48.3 Å². The number of anilines is 4. The van der Waals surface area contributed by atoms with Crippen LogP contribution in [-0.2, 0) is 4.43 Å². The van der Waals surface area contributed by atoms with Gasteiger partial charge < -0.3 is 25.4 Å². The van der Waals surface area contributed by atoms with E-state index in [1.807, 2.05) is 30.6 Å². The van der Waals surface area contributed by atoms with E-state index in [1.165, 1.54) is 0 Å². The van der Waals surface area contributed by atoms with Crippen LogP contribution in [0.5, 0.6) is 0 Å². The molecule has 9 heteroatoms. The van der Waals surface area contributed by atoms with Gasteiger partial charge in [0.25, 0.3) is 0 Å². The van der Waals surface area contributed by atoms with Crippen LogP contribution in [0.25, 0.3) is 11.4 Å². The van der Waals surface area contributed by atoms with Crippen LogP contribution in [0.1, 0.15) is 46.6 Å². The third-order valence-corrected chi connectivity index (χ3v) is 10.9. The number of pyridine rings is 1. The Bertz CT molecular complexity index is 1170. The summed E-state index contributed by atoms with van der Waals surface area (Å²) in [7, 11) is -1.71. The lowest BCUT2D eigenvalue weighted by Gasteiger charge is -2.36. The normalized spacial score (nSPS) is 11.9. The number of nitriles is 1. The zero-order valence-electron chi connectivity index (χ0n) is 22.5. The molecule has 8 nitrogen and oxygen atoms in total. The minimum Gasteiger partial charge on any atom is -0.417 e. The Kier molecular flexibility index (Phi) is 8.77. The van der Waals surface area contributed by atoms with Gasteiger partial charge in [-0.1, -0.05) is 20.8 Å². The molecule has 0 atom stereocenters. The second-order valence-corrected chi connectivity index (χ2v) is 15.6. The third kappa shape index (κ3) is 7.32. The van der Waals surface area contributed by atoms with Gasteiger partial charge in [-0.05, 0) is 62.7 Å². The number of aromatic amines is 1. The van der Waals surface area contributed by atoms with E-state index in [1.54, 1.807) is 12.1 Å². The minimum atomic E-state index is -1.71. The molecule has 1 aromatic carbocycles.